The van der Waals surface area contributed by atoms with E-state index in [0.29, 0.717) is 25.7 Å². The average Bonchev–Trinajstić information content (AvgIpc) is 2.51. The molecule has 0 spiro atoms. The topological polar surface area (TPSA) is 66.8 Å². The molecule has 0 aromatic rings. The smallest absolute Gasteiger partial charge is 0.330 e. The van der Waals surface area contributed by atoms with Crippen molar-refractivity contribution in [3.63, 3.8) is 0 Å². The van der Waals surface area contributed by atoms with Gasteiger partial charge in [0.2, 0.25) is 0 Å². The first-order valence-electron chi connectivity index (χ1n) is 8.10. The predicted molar refractivity (Wildman–Crippen MR) is 89.5 cm³/mol. The number of carbonyl (C=O) groups excluding carboxylic acids is 1. The van der Waals surface area contributed by atoms with Crippen molar-refractivity contribution in [2.75, 3.05) is 7.11 Å². The molecule has 0 heterocycles. The van der Waals surface area contributed by atoms with E-state index in [-0.39, 0.29) is 0 Å². The third kappa shape index (κ3) is 7.76. The molecule has 2 N–H and O–H groups in total. The summed E-state index contributed by atoms with van der Waals surface area (Å²) in [5.41, 5.74) is 1.06. The number of carbonyl (C=O) groups is 1. The minimum atomic E-state index is -1.07. The molecule has 0 aromatic carbocycles. The molecule has 0 aliphatic carbocycles. The molecule has 0 radical (unpaired) electrons. The zero-order valence-electron chi connectivity index (χ0n) is 14.7. The van der Waals surface area contributed by atoms with Crippen LogP contribution < -0.4 is 0 Å². The zero-order chi connectivity index (χ0) is 17.2. The number of methoxy groups -OCH3 is 1. The maximum atomic E-state index is 11.1. The third-order valence-corrected chi connectivity index (χ3v) is 4.24. The lowest BCUT2D eigenvalue weighted by atomic mass is 9.85. The maximum absolute atomic E-state index is 11.1. The second-order valence-electron chi connectivity index (χ2n) is 5.97. The number of ether oxygens (including phenoxy) is 1. The van der Waals surface area contributed by atoms with Crippen molar-refractivity contribution < 1.29 is 19.7 Å². The second-order valence-corrected chi connectivity index (χ2v) is 5.97. The molecular weight excluding hydrogens is 280 g/mol. The Bertz CT molecular complexity index is 398. The summed E-state index contributed by atoms with van der Waals surface area (Å²) in [6, 6.07) is 0. The lowest BCUT2D eigenvalue weighted by Crippen LogP contribution is -2.41. The Kier molecular flexibility index (Phi) is 10.0. The van der Waals surface area contributed by atoms with Crippen LogP contribution in [0.5, 0.6) is 0 Å². The highest BCUT2D eigenvalue weighted by molar-refractivity contribution is 5.82. The fraction of sp³-hybridized carbons (Fsp3) is 0.722. The van der Waals surface area contributed by atoms with Crippen LogP contribution in [0.15, 0.2) is 23.3 Å². The Morgan fingerprint density at radius 2 is 1.91 bits per heavy atom. The molecule has 4 nitrogen and oxygen atoms in total. The number of allylic oxidation sites excluding steroid dienone is 3. The summed E-state index contributed by atoms with van der Waals surface area (Å²) in [7, 11) is 1.34. The van der Waals surface area contributed by atoms with Gasteiger partial charge in [0.25, 0.3) is 0 Å². The Morgan fingerprint density at radius 1 is 1.27 bits per heavy atom. The van der Waals surface area contributed by atoms with Gasteiger partial charge in [0.05, 0.1) is 18.8 Å². The molecule has 0 aromatic heterocycles. The number of rotatable bonds is 10. The third-order valence-electron chi connectivity index (χ3n) is 4.24. The van der Waals surface area contributed by atoms with E-state index in [1.54, 1.807) is 0 Å². The van der Waals surface area contributed by atoms with E-state index in [1.807, 2.05) is 13.8 Å². The van der Waals surface area contributed by atoms with E-state index in [1.165, 1.54) is 18.8 Å². The normalized spacial score (nSPS) is 17.0. The lowest BCUT2D eigenvalue weighted by molar-refractivity contribution is -0.134. The first-order chi connectivity index (χ1) is 10.3. The Morgan fingerprint density at radius 3 is 2.41 bits per heavy atom. The number of hydrogen-bond donors (Lipinski definition) is 2. The zero-order valence-corrected chi connectivity index (χ0v) is 14.7. The van der Waals surface area contributed by atoms with E-state index in [2.05, 4.69) is 24.7 Å². The first-order valence-corrected chi connectivity index (χ1v) is 8.10. The number of esters is 1. The quantitative estimate of drug-likeness (QED) is 0.368. The summed E-state index contributed by atoms with van der Waals surface area (Å²) in [5.74, 6) is -0.391. The van der Waals surface area contributed by atoms with E-state index in [0.717, 1.165) is 18.4 Å². The van der Waals surface area contributed by atoms with Gasteiger partial charge in [0.1, 0.15) is 0 Å². The van der Waals surface area contributed by atoms with Crippen molar-refractivity contribution >= 4 is 5.97 Å². The van der Waals surface area contributed by atoms with Crippen LogP contribution in [0, 0.1) is 0 Å². The average molecular weight is 312 g/mol. The van der Waals surface area contributed by atoms with Crippen LogP contribution in [0.2, 0.25) is 0 Å². The fourth-order valence-corrected chi connectivity index (χ4v) is 2.26. The molecule has 0 aliphatic rings. The molecule has 0 saturated heterocycles. The maximum Gasteiger partial charge on any atom is 0.330 e. The minimum Gasteiger partial charge on any atom is -0.466 e. The van der Waals surface area contributed by atoms with Gasteiger partial charge in [0.15, 0.2) is 0 Å². The molecule has 128 valence electrons. The SMILES string of the molecule is CC/C(C)=C/CC[C@@](O)(CC)[C@@H](O)CC/C(C)=C/C(=O)OC. The molecule has 4 heteroatoms. The van der Waals surface area contributed by atoms with Crippen molar-refractivity contribution in [1.82, 2.24) is 0 Å². The van der Waals surface area contributed by atoms with E-state index in [4.69, 9.17) is 0 Å². The van der Waals surface area contributed by atoms with Gasteiger partial charge in [-0.2, -0.15) is 0 Å². The van der Waals surface area contributed by atoms with Gasteiger partial charge in [0, 0.05) is 6.08 Å². The van der Waals surface area contributed by atoms with Crippen LogP contribution in [0.4, 0.5) is 0 Å². The second kappa shape index (κ2) is 10.6. The van der Waals surface area contributed by atoms with Gasteiger partial charge in [-0.3, -0.25) is 0 Å². The summed E-state index contributed by atoms with van der Waals surface area (Å²) in [6.45, 7) is 7.88. The van der Waals surface area contributed by atoms with Gasteiger partial charge in [-0.05, 0) is 52.4 Å². The highest BCUT2D eigenvalue weighted by Crippen LogP contribution is 2.26. The molecule has 0 fully saturated rings. The highest BCUT2D eigenvalue weighted by Gasteiger charge is 2.32. The first kappa shape index (κ1) is 20.9. The summed E-state index contributed by atoms with van der Waals surface area (Å²) < 4.78 is 4.57. The van der Waals surface area contributed by atoms with Gasteiger partial charge < -0.3 is 14.9 Å². The fourth-order valence-electron chi connectivity index (χ4n) is 2.26. The molecule has 2 atom stereocenters. The summed E-state index contributed by atoms with van der Waals surface area (Å²) in [4.78, 5) is 11.1. The molecule has 0 aliphatic heterocycles. The number of aliphatic hydroxyl groups is 2. The molecule has 22 heavy (non-hydrogen) atoms. The van der Waals surface area contributed by atoms with Crippen molar-refractivity contribution in [2.24, 2.45) is 0 Å². The summed E-state index contributed by atoms with van der Waals surface area (Å²) >= 11 is 0. The molecule has 0 rings (SSSR count). The Hall–Kier alpha value is -1.13. The van der Waals surface area contributed by atoms with Crippen LogP contribution >= 0.6 is 0 Å². The molecule has 0 saturated carbocycles. The summed E-state index contributed by atoms with van der Waals surface area (Å²) in [6.07, 6.45) is 6.55. The van der Waals surface area contributed by atoms with Gasteiger partial charge in [-0.25, -0.2) is 4.79 Å². The predicted octanol–water partition coefficient (Wildman–Crippen LogP) is 3.52. The van der Waals surface area contributed by atoms with Crippen LogP contribution in [-0.4, -0.2) is 35.0 Å². The minimum absolute atomic E-state index is 0.391. The Balaban J connectivity index is 4.53. The highest BCUT2D eigenvalue weighted by atomic mass is 16.5. The Labute approximate surface area is 134 Å². The van der Waals surface area contributed by atoms with Crippen LogP contribution in [0.3, 0.4) is 0 Å². The van der Waals surface area contributed by atoms with Crippen LogP contribution in [0.1, 0.15) is 66.2 Å². The van der Waals surface area contributed by atoms with Crippen molar-refractivity contribution in [3.05, 3.63) is 23.3 Å². The van der Waals surface area contributed by atoms with Crippen molar-refractivity contribution in [3.8, 4) is 0 Å². The van der Waals surface area contributed by atoms with E-state index in [9.17, 15) is 15.0 Å². The molecule has 0 unspecified atom stereocenters. The van der Waals surface area contributed by atoms with Crippen LogP contribution in [-0.2, 0) is 9.53 Å². The van der Waals surface area contributed by atoms with Gasteiger partial charge >= 0.3 is 5.97 Å². The van der Waals surface area contributed by atoms with E-state index < -0.39 is 17.7 Å². The number of aliphatic hydroxyl groups excluding tert-OH is 1. The monoisotopic (exact) mass is 312 g/mol. The molecule has 0 amide bonds. The van der Waals surface area contributed by atoms with Crippen molar-refractivity contribution in [1.29, 1.82) is 0 Å². The van der Waals surface area contributed by atoms with Crippen molar-refractivity contribution in [2.45, 2.75) is 77.9 Å². The molecule has 0 bridgehead atoms. The lowest BCUT2D eigenvalue weighted by Gasteiger charge is -2.32. The van der Waals surface area contributed by atoms with E-state index >= 15 is 0 Å². The number of hydrogen-bond acceptors (Lipinski definition) is 4. The van der Waals surface area contributed by atoms with Gasteiger partial charge in [-0.1, -0.05) is 31.1 Å². The largest absolute Gasteiger partial charge is 0.466 e. The van der Waals surface area contributed by atoms with Crippen LogP contribution in [0.25, 0.3) is 0 Å². The standard InChI is InChI=1S/C18H32O4/c1-6-14(3)9-8-12-18(21,7-2)16(19)11-10-15(4)13-17(20)22-5/h9,13,16,19,21H,6-8,10-12H2,1-5H3/b14-9+,15-13+/t16-,18-/m0/s1. The van der Waals surface area contributed by atoms with Gasteiger partial charge in [-0.15, -0.1) is 0 Å². The summed E-state index contributed by atoms with van der Waals surface area (Å²) in [5, 5.41) is 20.9. The molecular formula is C18H32O4.